The minimum absolute atomic E-state index is 0.962. The lowest BCUT2D eigenvalue weighted by Gasteiger charge is -1.91. The summed E-state index contributed by atoms with van der Waals surface area (Å²) in [6.07, 6.45) is 3.60. The number of benzene rings is 1. The first kappa shape index (κ1) is 8.20. The van der Waals surface area contributed by atoms with Gasteiger partial charge >= 0.3 is 0 Å². The Morgan fingerprint density at radius 3 is 2.77 bits per heavy atom. The molecule has 64 valence electrons. The summed E-state index contributed by atoms with van der Waals surface area (Å²) in [6.45, 7) is 7.46. The number of fused-ring (bicyclic) bond motifs is 1. The normalized spacial score (nSPS) is 10.2. The van der Waals surface area contributed by atoms with Gasteiger partial charge in [0.15, 0.2) is 0 Å². The van der Waals surface area contributed by atoms with Gasteiger partial charge < -0.3 is 0 Å². The fraction of sp³-hybridized carbons (Fsp3) is 0. The van der Waals surface area contributed by atoms with E-state index in [9.17, 15) is 0 Å². The van der Waals surface area contributed by atoms with Crippen LogP contribution in [0.5, 0.6) is 0 Å². The van der Waals surface area contributed by atoms with Crippen molar-refractivity contribution in [3.05, 3.63) is 41.9 Å². The molecule has 0 N–H and O–H groups in total. The Kier molecular flexibility index (Phi) is 1.99. The highest BCUT2D eigenvalue weighted by atomic mass is 32.1. The average Bonchev–Trinajstić information content (AvgIpc) is 2.59. The third kappa shape index (κ3) is 1.29. The summed E-state index contributed by atoms with van der Waals surface area (Å²) in [5.41, 5.74) is 2.11. The van der Waals surface area contributed by atoms with Gasteiger partial charge in [0.1, 0.15) is 5.01 Å². The summed E-state index contributed by atoms with van der Waals surface area (Å²) in [7, 11) is 0. The first-order chi connectivity index (χ1) is 6.35. The molecule has 0 bridgehead atoms. The zero-order valence-electron chi connectivity index (χ0n) is 7.16. The molecule has 0 aliphatic heterocycles. The molecular weight excluding hydrogens is 178 g/mol. The average molecular weight is 187 g/mol. The summed E-state index contributed by atoms with van der Waals surface area (Å²) in [5.74, 6) is 0. The molecule has 0 aliphatic carbocycles. The molecule has 0 saturated carbocycles. The van der Waals surface area contributed by atoms with E-state index in [1.807, 2.05) is 18.2 Å². The second kappa shape index (κ2) is 3.15. The van der Waals surface area contributed by atoms with Crippen LogP contribution >= 0.6 is 11.3 Å². The molecule has 0 amide bonds. The molecule has 1 heterocycles. The summed E-state index contributed by atoms with van der Waals surface area (Å²) in [6, 6.07) is 6.10. The fourth-order valence-electron chi connectivity index (χ4n) is 1.24. The molecule has 13 heavy (non-hydrogen) atoms. The largest absolute Gasteiger partial charge is 0.236 e. The number of thiazole rings is 1. The monoisotopic (exact) mass is 187 g/mol. The highest BCUT2D eigenvalue weighted by molar-refractivity contribution is 7.19. The van der Waals surface area contributed by atoms with Gasteiger partial charge in [0.05, 0.1) is 10.2 Å². The van der Waals surface area contributed by atoms with Crippen molar-refractivity contribution in [2.75, 3.05) is 0 Å². The highest BCUT2D eigenvalue weighted by Crippen LogP contribution is 2.25. The van der Waals surface area contributed by atoms with Crippen LogP contribution in [-0.2, 0) is 0 Å². The van der Waals surface area contributed by atoms with E-state index in [4.69, 9.17) is 0 Å². The van der Waals surface area contributed by atoms with Gasteiger partial charge in [0, 0.05) is 5.56 Å². The lowest BCUT2D eigenvalue weighted by atomic mass is 10.2. The minimum atomic E-state index is 0.962. The summed E-state index contributed by atoms with van der Waals surface area (Å²) in [4.78, 5) is 4.43. The smallest absolute Gasteiger partial charge is 0.116 e. The van der Waals surface area contributed by atoms with E-state index in [1.165, 1.54) is 4.70 Å². The van der Waals surface area contributed by atoms with Gasteiger partial charge in [-0.3, -0.25) is 0 Å². The lowest BCUT2D eigenvalue weighted by Crippen LogP contribution is -1.74. The lowest BCUT2D eigenvalue weighted by molar-refractivity contribution is 1.46. The van der Waals surface area contributed by atoms with Crippen molar-refractivity contribution in [1.82, 2.24) is 4.98 Å². The molecule has 1 nitrogen and oxygen atoms in total. The molecule has 1 aromatic carbocycles. The van der Waals surface area contributed by atoms with Crippen LogP contribution in [0.3, 0.4) is 0 Å². The predicted octanol–water partition coefficient (Wildman–Crippen LogP) is 3.58. The third-order valence-electron chi connectivity index (χ3n) is 1.86. The summed E-state index contributed by atoms with van der Waals surface area (Å²) < 4.78 is 1.19. The van der Waals surface area contributed by atoms with Gasteiger partial charge in [-0.15, -0.1) is 11.3 Å². The summed E-state index contributed by atoms with van der Waals surface area (Å²) in [5, 5.41) is 0.962. The van der Waals surface area contributed by atoms with Crippen molar-refractivity contribution >= 4 is 33.7 Å². The summed E-state index contributed by atoms with van der Waals surface area (Å²) >= 11 is 1.65. The van der Waals surface area contributed by atoms with Crippen molar-refractivity contribution in [1.29, 1.82) is 0 Å². The van der Waals surface area contributed by atoms with Gasteiger partial charge in [0.2, 0.25) is 0 Å². The van der Waals surface area contributed by atoms with Crippen LogP contribution in [-0.4, -0.2) is 4.98 Å². The Morgan fingerprint density at radius 2 is 2.08 bits per heavy atom. The second-order valence-corrected chi connectivity index (χ2v) is 3.72. The third-order valence-corrected chi connectivity index (χ3v) is 2.88. The first-order valence-electron chi connectivity index (χ1n) is 3.99. The zero-order chi connectivity index (χ0) is 9.26. The van der Waals surface area contributed by atoms with Crippen molar-refractivity contribution < 1.29 is 0 Å². The Morgan fingerprint density at radius 1 is 1.23 bits per heavy atom. The van der Waals surface area contributed by atoms with Crippen LogP contribution in [0, 0.1) is 0 Å². The number of para-hydroxylation sites is 1. The van der Waals surface area contributed by atoms with Crippen LogP contribution in [0.2, 0.25) is 0 Å². The molecule has 2 aromatic rings. The molecule has 0 fully saturated rings. The number of rotatable bonds is 2. The molecule has 0 saturated heterocycles. The maximum atomic E-state index is 4.43. The first-order valence-corrected chi connectivity index (χ1v) is 4.81. The van der Waals surface area contributed by atoms with Gasteiger partial charge in [-0.2, -0.15) is 0 Å². The standard InChI is InChI=1S/C11H9NS/c1-3-8-6-5-7-9-11(8)12-10(4-2)13-9/h3-7H,1-2H2. The Labute approximate surface area is 81.1 Å². The molecule has 0 unspecified atom stereocenters. The molecule has 0 atom stereocenters. The van der Waals surface area contributed by atoms with E-state index < -0.39 is 0 Å². The Bertz CT molecular complexity index is 468. The Hall–Kier alpha value is -1.41. The van der Waals surface area contributed by atoms with Crippen LogP contribution in [0.1, 0.15) is 10.6 Å². The number of nitrogens with zero attached hydrogens (tertiary/aromatic N) is 1. The second-order valence-electron chi connectivity index (χ2n) is 2.65. The van der Waals surface area contributed by atoms with E-state index in [0.29, 0.717) is 0 Å². The fourth-order valence-corrected chi connectivity index (χ4v) is 2.09. The van der Waals surface area contributed by atoms with E-state index in [0.717, 1.165) is 16.1 Å². The van der Waals surface area contributed by atoms with Gasteiger partial charge in [-0.25, -0.2) is 4.98 Å². The zero-order valence-corrected chi connectivity index (χ0v) is 7.97. The van der Waals surface area contributed by atoms with E-state index >= 15 is 0 Å². The molecule has 0 aliphatic rings. The topological polar surface area (TPSA) is 12.9 Å². The van der Waals surface area contributed by atoms with Crippen LogP contribution < -0.4 is 0 Å². The Balaban J connectivity index is 2.81. The van der Waals surface area contributed by atoms with Gasteiger partial charge in [-0.05, 0) is 12.1 Å². The van der Waals surface area contributed by atoms with Crippen molar-refractivity contribution in [2.24, 2.45) is 0 Å². The number of hydrogen-bond acceptors (Lipinski definition) is 2. The highest BCUT2D eigenvalue weighted by Gasteiger charge is 2.02. The van der Waals surface area contributed by atoms with Gasteiger partial charge in [-0.1, -0.05) is 31.4 Å². The maximum absolute atomic E-state index is 4.43. The van der Waals surface area contributed by atoms with Crippen molar-refractivity contribution in [3.8, 4) is 0 Å². The van der Waals surface area contributed by atoms with Gasteiger partial charge in [0.25, 0.3) is 0 Å². The molecule has 0 radical (unpaired) electrons. The molecule has 2 rings (SSSR count). The van der Waals surface area contributed by atoms with E-state index in [-0.39, 0.29) is 0 Å². The molecule has 0 spiro atoms. The maximum Gasteiger partial charge on any atom is 0.116 e. The predicted molar refractivity (Wildman–Crippen MR) is 59.8 cm³/mol. The minimum Gasteiger partial charge on any atom is -0.236 e. The number of aromatic nitrogens is 1. The SMILES string of the molecule is C=Cc1nc2c(C=C)cccc2s1. The van der Waals surface area contributed by atoms with Crippen LogP contribution in [0.15, 0.2) is 31.4 Å². The van der Waals surface area contributed by atoms with Crippen LogP contribution in [0.25, 0.3) is 22.4 Å². The molecular formula is C11H9NS. The van der Waals surface area contributed by atoms with Crippen molar-refractivity contribution in [3.63, 3.8) is 0 Å². The number of hydrogen-bond donors (Lipinski definition) is 0. The molecule has 1 aromatic heterocycles. The quantitative estimate of drug-likeness (QED) is 0.700. The van der Waals surface area contributed by atoms with E-state index in [2.05, 4.69) is 24.2 Å². The van der Waals surface area contributed by atoms with Crippen LogP contribution in [0.4, 0.5) is 0 Å². The van der Waals surface area contributed by atoms with Crippen molar-refractivity contribution in [2.45, 2.75) is 0 Å². The van der Waals surface area contributed by atoms with E-state index in [1.54, 1.807) is 17.4 Å². The molecule has 2 heteroatoms.